The van der Waals surface area contributed by atoms with Crippen LogP contribution in [-0.4, -0.2) is 71.6 Å². The Morgan fingerprint density at radius 3 is 2.50 bits per heavy atom. The molecule has 2 aliphatic rings. The molecule has 0 aliphatic carbocycles. The standard InChI is InChI=1S/C23H26N4O3S2/c28-23(26-11-9-25(10-12-26)16-18-5-2-1-3-6-18)20-15-21(22-7-4-13-31-22)27(24-20)19-8-14-32(29,30)17-19/h1-7,13,15,19H,8-12,14,16-17H2. The summed E-state index contributed by atoms with van der Waals surface area (Å²) >= 11 is 1.57. The first-order chi connectivity index (χ1) is 15.5. The molecule has 5 rings (SSSR count). The quantitative estimate of drug-likeness (QED) is 0.573. The molecule has 1 aromatic carbocycles. The SMILES string of the molecule is O=C(c1cc(-c2cccs2)n(C2CCS(=O)(=O)C2)n1)N1CCN(Cc2ccccc2)CC1. The Bertz CT molecular complexity index is 1180. The Kier molecular flexibility index (Phi) is 5.88. The predicted octanol–water partition coefficient (Wildman–Crippen LogP) is 2.93. The van der Waals surface area contributed by atoms with Gasteiger partial charge in [0.1, 0.15) is 0 Å². The van der Waals surface area contributed by atoms with Crippen LogP contribution in [0.25, 0.3) is 10.6 Å². The van der Waals surface area contributed by atoms with Gasteiger partial charge in [0.25, 0.3) is 5.91 Å². The van der Waals surface area contributed by atoms with Crippen LogP contribution in [0.4, 0.5) is 0 Å². The van der Waals surface area contributed by atoms with Gasteiger partial charge < -0.3 is 4.90 Å². The lowest BCUT2D eigenvalue weighted by atomic mass is 10.2. The average molecular weight is 471 g/mol. The first-order valence-electron chi connectivity index (χ1n) is 10.9. The first kappa shape index (κ1) is 21.4. The molecule has 1 unspecified atom stereocenters. The summed E-state index contributed by atoms with van der Waals surface area (Å²) < 4.78 is 25.9. The van der Waals surface area contributed by atoms with Crippen molar-refractivity contribution in [3.8, 4) is 10.6 Å². The van der Waals surface area contributed by atoms with E-state index in [4.69, 9.17) is 0 Å². The van der Waals surface area contributed by atoms with Crippen LogP contribution < -0.4 is 0 Å². The molecule has 1 atom stereocenters. The molecule has 4 heterocycles. The van der Waals surface area contributed by atoms with Gasteiger partial charge in [-0.1, -0.05) is 36.4 Å². The van der Waals surface area contributed by atoms with E-state index in [1.54, 1.807) is 16.0 Å². The molecular weight excluding hydrogens is 444 g/mol. The fourth-order valence-electron chi connectivity index (χ4n) is 4.47. The maximum atomic E-state index is 13.3. The minimum Gasteiger partial charge on any atom is -0.335 e. The number of carbonyl (C=O) groups excluding carboxylic acids is 1. The zero-order valence-corrected chi connectivity index (χ0v) is 19.4. The number of carbonyl (C=O) groups is 1. The molecule has 0 radical (unpaired) electrons. The van der Waals surface area contributed by atoms with Gasteiger partial charge in [0.05, 0.1) is 28.1 Å². The Labute approximate surface area is 192 Å². The lowest BCUT2D eigenvalue weighted by Crippen LogP contribution is -2.48. The van der Waals surface area contributed by atoms with Crippen molar-refractivity contribution in [3.05, 3.63) is 65.2 Å². The van der Waals surface area contributed by atoms with E-state index in [0.717, 1.165) is 30.2 Å². The van der Waals surface area contributed by atoms with E-state index in [9.17, 15) is 13.2 Å². The van der Waals surface area contributed by atoms with Crippen molar-refractivity contribution in [3.63, 3.8) is 0 Å². The summed E-state index contributed by atoms with van der Waals surface area (Å²) in [5.41, 5.74) is 2.50. The van der Waals surface area contributed by atoms with Gasteiger partial charge in [-0.15, -0.1) is 11.3 Å². The fraction of sp³-hybridized carbons (Fsp3) is 0.391. The summed E-state index contributed by atoms with van der Waals surface area (Å²) in [6.07, 6.45) is 0.536. The lowest BCUT2D eigenvalue weighted by molar-refractivity contribution is 0.0621. The zero-order chi connectivity index (χ0) is 22.1. The summed E-state index contributed by atoms with van der Waals surface area (Å²) in [6.45, 7) is 3.84. The van der Waals surface area contributed by atoms with Gasteiger partial charge >= 0.3 is 0 Å². The number of nitrogens with zero attached hydrogens (tertiary/aromatic N) is 4. The average Bonchev–Trinajstić information content (AvgIpc) is 3.54. The minimum absolute atomic E-state index is 0.0817. The molecule has 9 heteroatoms. The van der Waals surface area contributed by atoms with Crippen molar-refractivity contribution in [2.75, 3.05) is 37.7 Å². The maximum absolute atomic E-state index is 13.3. The molecule has 1 amide bonds. The van der Waals surface area contributed by atoms with Gasteiger partial charge in [0.15, 0.2) is 15.5 Å². The number of hydrogen-bond acceptors (Lipinski definition) is 6. The number of amides is 1. The van der Waals surface area contributed by atoms with Gasteiger partial charge in [0, 0.05) is 32.7 Å². The molecule has 2 aromatic heterocycles. The molecule has 2 aliphatic heterocycles. The normalized spacial score (nSPS) is 21.1. The van der Waals surface area contributed by atoms with Gasteiger partial charge in [-0.2, -0.15) is 5.10 Å². The van der Waals surface area contributed by atoms with Gasteiger partial charge in [-0.3, -0.25) is 14.4 Å². The van der Waals surface area contributed by atoms with E-state index in [2.05, 4.69) is 22.1 Å². The predicted molar refractivity (Wildman–Crippen MR) is 125 cm³/mol. The fourth-order valence-corrected chi connectivity index (χ4v) is 6.89. The van der Waals surface area contributed by atoms with Crippen LogP contribution in [0, 0.1) is 0 Å². The van der Waals surface area contributed by atoms with E-state index < -0.39 is 9.84 Å². The Balaban J connectivity index is 1.31. The van der Waals surface area contributed by atoms with Crippen molar-refractivity contribution in [1.82, 2.24) is 19.6 Å². The van der Waals surface area contributed by atoms with Crippen LogP contribution in [0.1, 0.15) is 28.5 Å². The van der Waals surface area contributed by atoms with Crippen LogP contribution in [0.3, 0.4) is 0 Å². The Hall–Kier alpha value is -2.49. The van der Waals surface area contributed by atoms with Crippen LogP contribution in [-0.2, 0) is 16.4 Å². The number of aromatic nitrogens is 2. The third-order valence-electron chi connectivity index (χ3n) is 6.19. The van der Waals surface area contributed by atoms with E-state index in [1.807, 2.05) is 46.7 Å². The molecule has 32 heavy (non-hydrogen) atoms. The van der Waals surface area contributed by atoms with Crippen molar-refractivity contribution in [1.29, 1.82) is 0 Å². The summed E-state index contributed by atoms with van der Waals surface area (Å²) in [5.74, 6) is 0.175. The Morgan fingerprint density at radius 1 is 1.06 bits per heavy atom. The number of piperazine rings is 1. The molecule has 3 aromatic rings. The first-order valence-corrected chi connectivity index (χ1v) is 13.6. The van der Waals surface area contributed by atoms with Crippen molar-refractivity contribution in [2.24, 2.45) is 0 Å². The van der Waals surface area contributed by atoms with Crippen molar-refractivity contribution < 1.29 is 13.2 Å². The summed E-state index contributed by atoms with van der Waals surface area (Å²) in [7, 11) is -3.05. The molecule has 0 spiro atoms. The summed E-state index contributed by atoms with van der Waals surface area (Å²) in [4.78, 5) is 18.5. The van der Waals surface area contributed by atoms with E-state index in [0.29, 0.717) is 25.2 Å². The van der Waals surface area contributed by atoms with Gasteiger partial charge in [0.2, 0.25) is 0 Å². The highest BCUT2D eigenvalue weighted by molar-refractivity contribution is 7.91. The van der Waals surface area contributed by atoms with Crippen molar-refractivity contribution >= 4 is 27.1 Å². The number of rotatable bonds is 5. The monoisotopic (exact) mass is 470 g/mol. The molecule has 0 bridgehead atoms. The number of benzene rings is 1. The third kappa shape index (κ3) is 4.51. The van der Waals surface area contributed by atoms with Crippen LogP contribution >= 0.6 is 11.3 Å². The van der Waals surface area contributed by atoms with E-state index >= 15 is 0 Å². The molecule has 7 nitrogen and oxygen atoms in total. The molecule has 168 valence electrons. The molecular formula is C23H26N4O3S2. The maximum Gasteiger partial charge on any atom is 0.274 e. The van der Waals surface area contributed by atoms with Crippen LogP contribution in [0.5, 0.6) is 0 Å². The second kappa shape index (κ2) is 8.80. The van der Waals surface area contributed by atoms with E-state index in [-0.39, 0.29) is 23.5 Å². The van der Waals surface area contributed by atoms with Gasteiger partial charge in [-0.05, 0) is 29.5 Å². The van der Waals surface area contributed by atoms with E-state index in [1.165, 1.54) is 5.56 Å². The zero-order valence-electron chi connectivity index (χ0n) is 17.8. The van der Waals surface area contributed by atoms with Crippen molar-refractivity contribution in [2.45, 2.75) is 19.0 Å². The topological polar surface area (TPSA) is 75.5 Å². The van der Waals surface area contributed by atoms with Crippen LogP contribution in [0.2, 0.25) is 0 Å². The molecule has 0 N–H and O–H groups in total. The highest BCUT2D eigenvalue weighted by Gasteiger charge is 2.33. The lowest BCUT2D eigenvalue weighted by Gasteiger charge is -2.34. The molecule has 2 fully saturated rings. The second-order valence-corrected chi connectivity index (χ2v) is 11.6. The smallest absolute Gasteiger partial charge is 0.274 e. The number of thiophene rings is 1. The Morgan fingerprint density at radius 2 is 1.84 bits per heavy atom. The number of hydrogen-bond donors (Lipinski definition) is 0. The molecule has 0 saturated carbocycles. The third-order valence-corrected chi connectivity index (χ3v) is 8.83. The highest BCUT2D eigenvalue weighted by atomic mass is 32.2. The van der Waals surface area contributed by atoms with Crippen LogP contribution in [0.15, 0.2) is 53.9 Å². The largest absolute Gasteiger partial charge is 0.335 e. The minimum atomic E-state index is -3.05. The summed E-state index contributed by atoms with van der Waals surface area (Å²) in [6, 6.07) is 15.9. The van der Waals surface area contributed by atoms with Gasteiger partial charge in [-0.25, -0.2) is 8.42 Å². The second-order valence-electron chi connectivity index (χ2n) is 8.45. The highest BCUT2D eigenvalue weighted by Crippen LogP contribution is 2.32. The molecule has 2 saturated heterocycles. The number of sulfone groups is 1. The summed E-state index contributed by atoms with van der Waals surface area (Å²) in [5, 5.41) is 6.61.